The van der Waals surface area contributed by atoms with Gasteiger partial charge in [-0.1, -0.05) is 62.4 Å². The summed E-state index contributed by atoms with van der Waals surface area (Å²) in [5, 5.41) is 9.81. The van der Waals surface area contributed by atoms with Crippen molar-refractivity contribution >= 4 is 35.6 Å². The van der Waals surface area contributed by atoms with Gasteiger partial charge in [0, 0.05) is 30.5 Å². The highest BCUT2D eigenvalue weighted by molar-refractivity contribution is 7.90. The van der Waals surface area contributed by atoms with Crippen molar-refractivity contribution in [3.63, 3.8) is 0 Å². The predicted molar refractivity (Wildman–Crippen MR) is 244 cm³/mol. The van der Waals surface area contributed by atoms with Gasteiger partial charge in [0.2, 0.25) is 21.8 Å². The summed E-state index contributed by atoms with van der Waals surface area (Å²) in [5.41, 5.74) is 1.80. The van der Waals surface area contributed by atoms with Crippen LogP contribution in [0.1, 0.15) is 56.5 Å². The third kappa shape index (κ3) is 13.4. The van der Waals surface area contributed by atoms with Crippen molar-refractivity contribution in [2.24, 2.45) is 28.6 Å². The van der Waals surface area contributed by atoms with Crippen molar-refractivity contribution in [2.75, 3.05) is 44.8 Å². The Labute approximate surface area is 406 Å². The van der Waals surface area contributed by atoms with Crippen LogP contribution < -0.4 is 9.47 Å². The normalized spacial score (nSPS) is 23.4. The van der Waals surface area contributed by atoms with Gasteiger partial charge in [0.15, 0.2) is 13.2 Å². The number of fused-ring (bicyclic) bond motifs is 2. The Morgan fingerprint density at radius 3 is 2.15 bits per heavy atom. The molecule has 5 aliphatic rings. The number of carbonyl (C=O) groups excluding carboxylic acids is 2. The molecule has 3 heterocycles. The summed E-state index contributed by atoms with van der Waals surface area (Å²) < 4.78 is 139. The van der Waals surface area contributed by atoms with Gasteiger partial charge in [-0.15, -0.1) is 0 Å². The summed E-state index contributed by atoms with van der Waals surface area (Å²) in [7, 11) is -9.48. The fourth-order valence-corrected chi connectivity index (χ4v) is 14.2. The number of benzene rings is 3. The number of hydrogen-bond acceptors (Lipinski definition) is 12. The third-order valence-corrected chi connectivity index (χ3v) is 17.2. The number of sulfonamides is 1. The molecule has 9 rings (SSSR count). The van der Waals surface area contributed by atoms with Gasteiger partial charge in [-0.2, -0.15) is 26.3 Å². The topological polar surface area (TPSA) is 192 Å². The van der Waals surface area contributed by atoms with Crippen molar-refractivity contribution in [1.29, 1.82) is 0 Å². The summed E-state index contributed by atoms with van der Waals surface area (Å²) in [5.74, 6) is -0.996. The first-order valence-electron chi connectivity index (χ1n) is 22.8. The molecule has 5 fully saturated rings. The molecule has 3 aromatic carbocycles. The minimum Gasteiger partial charge on any atom is -0.493 e. The third-order valence-electron chi connectivity index (χ3n) is 13.5. The fraction of sp³-hybridized carbons (Fsp3) is 0.500. The Bertz CT molecular complexity index is 2680. The van der Waals surface area contributed by atoms with Gasteiger partial charge in [-0.3, -0.25) is 23.2 Å². The molecule has 1 spiro atoms. The predicted octanol–water partition coefficient (Wildman–Crippen LogP) is 9.74. The van der Waals surface area contributed by atoms with E-state index in [4.69, 9.17) is 13.9 Å². The van der Waals surface area contributed by atoms with Gasteiger partial charge in [0.25, 0.3) is 0 Å². The maximum absolute atomic E-state index is 12.9. The van der Waals surface area contributed by atoms with E-state index in [2.05, 4.69) is 14.0 Å². The molecule has 1 aromatic heterocycles. The van der Waals surface area contributed by atoms with Crippen LogP contribution in [-0.4, -0.2) is 109 Å². The first kappa shape index (κ1) is 53.4. The Hall–Kier alpha value is -5.44. The van der Waals surface area contributed by atoms with Crippen LogP contribution in [0.4, 0.5) is 31.1 Å². The number of carbonyl (C=O) groups is 3. The quantitative estimate of drug-likeness (QED) is 0.0875. The van der Waals surface area contributed by atoms with E-state index in [1.54, 1.807) is 24.3 Å². The molecule has 5 atom stereocenters. The van der Waals surface area contributed by atoms with Crippen LogP contribution >= 0.6 is 7.60 Å². The Morgan fingerprint density at radius 1 is 0.901 bits per heavy atom. The average molecular weight is 1040 g/mol. The van der Waals surface area contributed by atoms with E-state index in [9.17, 15) is 58.8 Å². The number of halogens is 6. The van der Waals surface area contributed by atoms with Crippen LogP contribution in [0.3, 0.4) is 0 Å². The van der Waals surface area contributed by atoms with E-state index in [0.29, 0.717) is 67.0 Å². The Kier molecular flexibility index (Phi) is 15.8. The van der Waals surface area contributed by atoms with Crippen molar-refractivity contribution in [3.8, 4) is 23.0 Å². The molecule has 0 radical (unpaired) electrons. The van der Waals surface area contributed by atoms with Crippen molar-refractivity contribution in [3.05, 3.63) is 102 Å². The largest absolute Gasteiger partial charge is 0.493 e. The monoisotopic (exact) mass is 1040 g/mol. The highest BCUT2D eigenvalue weighted by atomic mass is 32.2. The fourth-order valence-electron chi connectivity index (χ4n) is 10.3. The van der Waals surface area contributed by atoms with Crippen molar-refractivity contribution in [1.82, 2.24) is 14.2 Å². The lowest BCUT2D eigenvalue weighted by molar-refractivity contribution is -0.166. The second-order valence-electron chi connectivity index (χ2n) is 19.1. The van der Waals surface area contributed by atoms with E-state index in [1.807, 2.05) is 81.4 Å². The number of oxazole rings is 1. The van der Waals surface area contributed by atoms with Crippen molar-refractivity contribution in [2.45, 2.75) is 77.7 Å². The van der Waals surface area contributed by atoms with Gasteiger partial charge < -0.3 is 23.9 Å². The number of para-hydroxylation sites is 1. The lowest BCUT2D eigenvalue weighted by atomic mass is 9.49. The van der Waals surface area contributed by atoms with Crippen LogP contribution in [0.25, 0.3) is 11.5 Å². The average Bonchev–Trinajstić information content (AvgIpc) is 3.95. The molecule has 386 valence electrons. The molecule has 23 heteroatoms. The van der Waals surface area contributed by atoms with E-state index in [-0.39, 0.29) is 29.5 Å². The molecule has 1 N–H and O–H groups in total. The SMILES string of the molecule is CC1(C)C[C@]23CCC1CC2N(C(=O)CP(=O)(OCC(F)(F)F)OCC(F)(F)F)S(=O)(=O)C3.Cc1oc(-c2ccccc2)nc1CCOc1cccc(C[C@@H]2CN(C(=O)Oc3ccccc3)C[C@@H]2C(=O)O)c1. The summed E-state index contributed by atoms with van der Waals surface area (Å²) in [6.45, 7) is 2.30. The zero-order valence-corrected chi connectivity index (χ0v) is 40.7. The number of likely N-dealkylation sites (tertiary alicyclic amines) is 1. The number of nitrogens with zero attached hydrogens (tertiary/aromatic N) is 3. The summed E-state index contributed by atoms with van der Waals surface area (Å²) >= 11 is 0. The number of alkyl halides is 6. The number of aliphatic carboxylic acids is 1. The van der Waals surface area contributed by atoms with Crippen LogP contribution in [0.5, 0.6) is 11.5 Å². The van der Waals surface area contributed by atoms with E-state index in [0.717, 1.165) is 29.0 Å². The van der Waals surface area contributed by atoms with E-state index < -0.39 is 84.7 Å². The zero-order valence-electron chi connectivity index (χ0n) is 39.0. The standard InChI is InChI=1S/C31H30N2O6.C17H24F6NO6PS/c1-21-28(32-29(38-21)23-10-4-2-5-11-23)15-16-37-26-14-8-9-22(18-26)17-24-19-33(20-27(24)30(34)35)31(36)39-25-12-6-3-7-13-25;1-14(2)7-15-4-3-11(14)5-12(15)24(32(27,28)10-15)13(25)6-31(26,29-8-16(18,19)20)30-9-17(21,22)23/h2-14,18,24,27H,15-17,19-20H2,1H3,(H,34,35);11-12H,3-10H2,1-2H3/t24-,27+;11?,12?,15-/m10/s1. The number of ether oxygens (including phenoxy) is 2. The summed E-state index contributed by atoms with van der Waals surface area (Å²) in [4.78, 5) is 43.6. The second-order valence-corrected chi connectivity index (χ2v) is 23.0. The van der Waals surface area contributed by atoms with Crippen LogP contribution in [0.2, 0.25) is 0 Å². The first-order chi connectivity index (χ1) is 33.2. The maximum Gasteiger partial charge on any atom is 0.415 e. The minimum absolute atomic E-state index is 0.0905. The maximum atomic E-state index is 12.9. The minimum atomic E-state index is -5.26. The van der Waals surface area contributed by atoms with Gasteiger partial charge in [0.1, 0.15) is 23.4 Å². The number of hydrogen-bond donors (Lipinski definition) is 1. The molecule has 2 bridgehead atoms. The molecule has 3 saturated carbocycles. The van der Waals surface area contributed by atoms with E-state index >= 15 is 0 Å². The number of amides is 2. The molecule has 4 aromatic rings. The first-order valence-corrected chi connectivity index (χ1v) is 26.1. The molecular formula is C48H54F6N3O12PS. The Morgan fingerprint density at radius 2 is 1.54 bits per heavy atom. The lowest BCUT2D eigenvalue weighted by Crippen LogP contribution is -2.56. The smallest absolute Gasteiger partial charge is 0.415 e. The summed E-state index contributed by atoms with van der Waals surface area (Å²) in [6.07, 6.45) is -8.98. The molecule has 2 unspecified atom stereocenters. The number of aryl methyl sites for hydroxylation is 1. The molecule has 71 heavy (non-hydrogen) atoms. The zero-order chi connectivity index (χ0) is 51.6. The number of carboxylic acids is 1. The van der Waals surface area contributed by atoms with E-state index in [1.165, 1.54) is 4.90 Å². The summed E-state index contributed by atoms with van der Waals surface area (Å²) in [6, 6.07) is 25.4. The highest BCUT2D eigenvalue weighted by Crippen LogP contribution is 2.63. The van der Waals surface area contributed by atoms with Crippen LogP contribution in [-0.2, 0) is 46.1 Å². The molecule has 3 aliphatic carbocycles. The highest BCUT2D eigenvalue weighted by Gasteiger charge is 2.65. The van der Waals surface area contributed by atoms with Gasteiger partial charge in [0.05, 0.1) is 30.0 Å². The lowest BCUT2D eigenvalue weighted by Gasteiger charge is -2.56. The number of aromatic nitrogens is 1. The molecule has 15 nitrogen and oxygen atoms in total. The number of carboxylic acid groups (broad SMARTS) is 1. The van der Waals surface area contributed by atoms with Gasteiger partial charge >= 0.3 is 32.0 Å². The second kappa shape index (κ2) is 21.0. The number of rotatable bonds is 15. The molecule has 2 saturated heterocycles. The molecular weight excluding hydrogens is 988 g/mol. The Balaban J connectivity index is 0.000000213. The van der Waals surface area contributed by atoms with Gasteiger partial charge in [-0.25, -0.2) is 22.5 Å². The van der Waals surface area contributed by atoms with Crippen molar-refractivity contribution < 1.29 is 81.8 Å². The molecule has 2 amide bonds. The van der Waals surface area contributed by atoms with Crippen LogP contribution in [0, 0.1) is 35.5 Å². The molecule has 2 aliphatic heterocycles. The van der Waals surface area contributed by atoms with Gasteiger partial charge in [-0.05, 0) is 98.2 Å². The van der Waals surface area contributed by atoms with Crippen LogP contribution in [0.15, 0.2) is 89.3 Å².